The summed E-state index contributed by atoms with van der Waals surface area (Å²) in [4.78, 5) is 12.2. The van der Waals surface area contributed by atoms with Crippen molar-refractivity contribution in [3.05, 3.63) is 22.3 Å². The summed E-state index contributed by atoms with van der Waals surface area (Å²) in [6.07, 6.45) is 11.0. The smallest absolute Gasteiger partial charge is 0.246 e. The quantitative estimate of drug-likeness (QED) is 0.805. The summed E-state index contributed by atoms with van der Waals surface area (Å²) in [5, 5.41) is 3.16. The summed E-state index contributed by atoms with van der Waals surface area (Å²) >= 11 is 0. The molecule has 0 unspecified atom stereocenters. The molecule has 3 saturated carbocycles. The van der Waals surface area contributed by atoms with Crippen LogP contribution in [0.3, 0.4) is 0 Å². The maximum Gasteiger partial charge on any atom is 0.246 e. The van der Waals surface area contributed by atoms with Crippen LogP contribution in [0.15, 0.2) is 22.3 Å². The highest BCUT2D eigenvalue weighted by atomic mass is 16.5. The first-order valence-corrected chi connectivity index (χ1v) is 9.08. The van der Waals surface area contributed by atoms with Gasteiger partial charge in [0.25, 0.3) is 0 Å². The van der Waals surface area contributed by atoms with Crippen LogP contribution in [0.4, 0.5) is 0 Å². The van der Waals surface area contributed by atoms with Crippen molar-refractivity contribution < 1.29 is 9.53 Å². The van der Waals surface area contributed by atoms with Gasteiger partial charge in [0.1, 0.15) is 12.7 Å². The normalized spacial score (nSPS) is 31.1. The van der Waals surface area contributed by atoms with Crippen molar-refractivity contribution in [1.29, 1.82) is 0 Å². The van der Waals surface area contributed by atoms with Crippen LogP contribution >= 0.6 is 0 Å². The molecule has 4 bridgehead atoms. The van der Waals surface area contributed by atoms with Crippen LogP contribution in [-0.2, 0) is 9.53 Å². The Morgan fingerprint density at radius 2 is 1.59 bits per heavy atom. The average molecular weight is 301 g/mol. The molecule has 3 fully saturated rings. The zero-order valence-corrected chi connectivity index (χ0v) is 13.6. The highest BCUT2D eigenvalue weighted by Gasteiger charge is 2.41. The molecule has 0 aromatic rings. The fourth-order valence-corrected chi connectivity index (χ4v) is 5.07. The molecule has 0 aromatic carbocycles. The topological polar surface area (TPSA) is 38.3 Å². The predicted octanol–water partition coefficient (Wildman–Crippen LogP) is 3.65. The molecule has 1 N–H and O–H groups in total. The van der Waals surface area contributed by atoms with Gasteiger partial charge in [0.05, 0.1) is 0 Å². The number of rotatable bonds is 4. The van der Waals surface area contributed by atoms with E-state index in [9.17, 15) is 4.79 Å². The molecular formula is C19H27NO2. The monoisotopic (exact) mass is 301 g/mol. The van der Waals surface area contributed by atoms with E-state index in [1.54, 1.807) is 11.1 Å². The van der Waals surface area contributed by atoms with E-state index in [1.807, 2.05) is 0 Å². The SMILES string of the molecule is CC1C2=C3CCC(=C1CC2)C3OCC(=O)NC1CCCCC1. The Balaban J connectivity index is 1.36. The molecule has 0 spiro atoms. The Morgan fingerprint density at radius 1 is 1.00 bits per heavy atom. The molecule has 0 heterocycles. The zero-order chi connectivity index (χ0) is 15.1. The van der Waals surface area contributed by atoms with Gasteiger partial charge >= 0.3 is 0 Å². The van der Waals surface area contributed by atoms with Crippen LogP contribution in [0.1, 0.15) is 64.7 Å². The van der Waals surface area contributed by atoms with Gasteiger partial charge in [0.2, 0.25) is 5.91 Å². The molecule has 1 amide bonds. The third kappa shape index (κ3) is 2.44. The minimum absolute atomic E-state index is 0.0773. The summed E-state index contributed by atoms with van der Waals surface area (Å²) < 4.78 is 6.07. The van der Waals surface area contributed by atoms with E-state index in [2.05, 4.69) is 12.2 Å². The maximum atomic E-state index is 12.2. The van der Waals surface area contributed by atoms with Crippen LogP contribution in [0, 0.1) is 5.92 Å². The number of hydrogen-bond donors (Lipinski definition) is 1. The third-order valence-electron chi connectivity index (χ3n) is 6.18. The molecule has 4 aliphatic rings. The first kappa shape index (κ1) is 14.5. The highest BCUT2D eigenvalue weighted by molar-refractivity contribution is 5.77. The number of fused-ring (bicyclic) bond motifs is 4. The molecule has 120 valence electrons. The zero-order valence-electron chi connectivity index (χ0n) is 13.6. The van der Waals surface area contributed by atoms with Crippen LogP contribution in [-0.4, -0.2) is 24.7 Å². The Bertz CT molecular complexity index is 510. The summed E-state index contributed by atoms with van der Waals surface area (Å²) in [5.41, 5.74) is 6.26. The summed E-state index contributed by atoms with van der Waals surface area (Å²) in [5.74, 6) is 0.733. The first-order valence-electron chi connectivity index (χ1n) is 9.08. The van der Waals surface area contributed by atoms with Gasteiger partial charge in [-0.1, -0.05) is 37.3 Å². The van der Waals surface area contributed by atoms with E-state index < -0.39 is 0 Å². The van der Waals surface area contributed by atoms with Crippen LogP contribution in [0.5, 0.6) is 0 Å². The summed E-state index contributed by atoms with van der Waals surface area (Å²) in [7, 11) is 0. The number of hydrogen-bond acceptors (Lipinski definition) is 2. The van der Waals surface area contributed by atoms with Gasteiger partial charge in [-0.2, -0.15) is 0 Å². The number of ether oxygens (including phenoxy) is 1. The minimum Gasteiger partial charge on any atom is -0.360 e. The molecule has 0 atom stereocenters. The van der Waals surface area contributed by atoms with E-state index in [-0.39, 0.29) is 18.6 Å². The number of carbonyl (C=O) groups is 1. The Hall–Kier alpha value is -1.09. The van der Waals surface area contributed by atoms with Gasteiger partial charge in [-0.05, 0) is 55.6 Å². The largest absolute Gasteiger partial charge is 0.360 e. The standard InChI is InChI=1S/C19H27NO2/c1-12-14-7-8-15(12)17-10-9-16(14)19(17)22-11-18(21)20-13-5-3-2-4-6-13/h12-13,19H,2-11H2,1H3,(H,20,21). The Labute approximate surface area is 133 Å². The van der Waals surface area contributed by atoms with Crippen LogP contribution in [0.2, 0.25) is 0 Å². The van der Waals surface area contributed by atoms with Crippen molar-refractivity contribution in [1.82, 2.24) is 5.32 Å². The molecule has 0 radical (unpaired) electrons. The van der Waals surface area contributed by atoms with E-state index in [0.29, 0.717) is 12.0 Å². The van der Waals surface area contributed by atoms with Gasteiger partial charge < -0.3 is 10.1 Å². The van der Waals surface area contributed by atoms with E-state index >= 15 is 0 Å². The average Bonchev–Trinajstić information content (AvgIpc) is 2.99. The van der Waals surface area contributed by atoms with Gasteiger partial charge in [0.15, 0.2) is 0 Å². The predicted molar refractivity (Wildman–Crippen MR) is 86.4 cm³/mol. The first-order chi connectivity index (χ1) is 10.7. The van der Waals surface area contributed by atoms with E-state index in [4.69, 9.17) is 4.74 Å². The Kier molecular flexibility index (Phi) is 3.85. The van der Waals surface area contributed by atoms with Gasteiger partial charge in [-0.3, -0.25) is 4.79 Å². The van der Waals surface area contributed by atoms with E-state index in [0.717, 1.165) is 25.7 Å². The molecular weight excluding hydrogens is 274 g/mol. The highest BCUT2D eigenvalue weighted by Crippen LogP contribution is 2.52. The molecule has 0 aliphatic heterocycles. The van der Waals surface area contributed by atoms with Crippen molar-refractivity contribution >= 4 is 5.91 Å². The number of nitrogens with one attached hydrogen (secondary N) is 1. The fraction of sp³-hybridized carbons (Fsp3) is 0.737. The fourth-order valence-electron chi connectivity index (χ4n) is 5.07. The van der Waals surface area contributed by atoms with Crippen LogP contribution in [0.25, 0.3) is 0 Å². The lowest BCUT2D eigenvalue weighted by atomic mass is 9.87. The lowest BCUT2D eigenvalue weighted by Crippen LogP contribution is -2.39. The number of amides is 1. The van der Waals surface area contributed by atoms with Crippen molar-refractivity contribution in [2.24, 2.45) is 5.92 Å². The van der Waals surface area contributed by atoms with Gasteiger partial charge in [0, 0.05) is 6.04 Å². The molecule has 3 heteroatoms. The van der Waals surface area contributed by atoms with Gasteiger partial charge in [-0.25, -0.2) is 0 Å². The molecule has 4 aliphatic carbocycles. The third-order valence-corrected chi connectivity index (χ3v) is 6.18. The molecule has 0 aromatic heterocycles. The number of allylic oxidation sites excluding steroid dienone is 2. The summed E-state index contributed by atoms with van der Waals surface area (Å²) in [6.45, 7) is 2.57. The van der Waals surface area contributed by atoms with E-state index in [1.165, 1.54) is 43.3 Å². The van der Waals surface area contributed by atoms with Crippen LogP contribution < -0.4 is 5.32 Å². The second kappa shape index (κ2) is 5.84. The molecule has 22 heavy (non-hydrogen) atoms. The molecule has 0 saturated heterocycles. The second-order valence-electron chi connectivity index (χ2n) is 7.42. The maximum absolute atomic E-state index is 12.2. The van der Waals surface area contributed by atoms with Crippen molar-refractivity contribution in [3.8, 4) is 0 Å². The molecule has 4 rings (SSSR count). The Morgan fingerprint density at radius 3 is 2.23 bits per heavy atom. The van der Waals surface area contributed by atoms with Crippen molar-refractivity contribution in [3.63, 3.8) is 0 Å². The van der Waals surface area contributed by atoms with Crippen molar-refractivity contribution in [2.75, 3.05) is 6.61 Å². The lowest BCUT2D eigenvalue weighted by molar-refractivity contribution is -0.127. The minimum atomic E-state index is 0.0773. The van der Waals surface area contributed by atoms with Crippen molar-refractivity contribution in [2.45, 2.75) is 76.9 Å². The lowest BCUT2D eigenvalue weighted by Gasteiger charge is -2.26. The summed E-state index contributed by atoms with van der Waals surface area (Å²) in [6, 6.07) is 0.383. The van der Waals surface area contributed by atoms with Gasteiger partial charge in [-0.15, -0.1) is 0 Å². The molecule has 3 nitrogen and oxygen atoms in total. The number of carbonyl (C=O) groups excluding carboxylic acids is 1. The second-order valence-corrected chi connectivity index (χ2v) is 7.42.